The molecule has 0 unspecified atom stereocenters. The summed E-state index contributed by atoms with van der Waals surface area (Å²) in [7, 11) is -4.06. The summed E-state index contributed by atoms with van der Waals surface area (Å²) in [5, 5.41) is 1.59. The number of amides is 1. The first-order valence-electron chi connectivity index (χ1n) is 6.24. The van der Waals surface area contributed by atoms with Crippen molar-refractivity contribution in [1.82, 2.24) is 0 Å². The third-order valence-corrected chi connectivity index (χ3v) is 4.00. The lowest BCUT2D eigenvalue weighted by atomic mass is 10.2. The lowest BCUT2D eigenvalue weighted by molar-refractivity contribution is 0.100. The van der Waals surface area contributed by atoms with Crippen LogP contribution < -0.4 is 5.73 Å². The van der Waals surface area contributed by atoms with Crippen molar-refractivity contribution in [3.8, 4) is 0 Å². The van der Waals surface area contributed by atoms with Gasteiger partial charge in [0.1, 0.15) is 0 Å². The van der Waals surface area contributed by atoms with Gasteiger partial charge < -0.3 is 5.73 Å². The number of nitrogens with two attached hydrogens (primary N) is 1. The van der Waals surface area contributed by atoms with E-state index in [9.17, 15) is 13.2 Å². The summed E-state index contributed by atoms with van der Waals surface area (Å²) >= 11 is 14.6. The zero-order valence-corrected chi connectivity index (χ0v) is 15.9. The SMILES string of the molecule is NC(=O)c1ccc(Br)cc1Cl.O=S(=O)(O)C=Cc1cccc(Cl)c1. The summed E-state index contributed by atoms with van der Waals surface area (Å²) in [5.74, 6) is -0.512. The maximum Gasteiger partial charge on any atom is 0.287 e. The highest BCUT2D eigenvalue weighted by atomic mass is 79.9. The van der Waals surface area contributed by atoms with Crippen LogP contribution >= 0.6 is 39.1 Å². The molecule has 9 heteroatoms. The van der Waals surface area contributed by atoms with E-state index in [-0.39, 0.29) is 0 Å². The maximum absolute atomic E-state index is 10.7. The highest BCUT2D eigenvalue weighted by molar-refractivity contribution is 9.10. The quantitative estimate of drug-likeness (QED) is 0.674. The van der Waals surface area contributed by atoms with Crippen LogP contribution in [0, 0.1) is 0 Å². The number of hydrogen-bond donors (Lipinski definition) is 2. The first-order chi connectivity index (χ1) is 11.1. The Kier molecular flexibility index (Phi) is 7.92. The second-order valence-corrected chi connectivity index (χ2v) is 7.42. The van der Waals surface area contributed by atoms with Gasteiger partial charge in [0, 0.05) is 9.50 Å². The monoisotopic (exact) mass is 451 g/mol. The van der Waals surface area contributed by atoms with E-state index in [0.717, 1.165) is 4.47 Å². The van der Waals surface area contributed by atoms with E-state index in [0.29, 0.717) is 26.6 Å². The maximum atomic E-state index is 10.7. The molecule has 0 saturated carbocycles. The largest absolute Gasteiger partial charge is 0.366 e. The number of carbonyl (C=O) groups is 1. The molecule has 0 saturated heterocycles. The Balaban J connectivity index is 0.000000243. The van der Waals surface area contributed by atoms with E-state index in [1.54, 1.807) is 42.5 Å². The fraction of sp³-hybridized carbons (Fsp3) is 0. The summed E-state index contributed by atoms with van der Waals surface area (Å²) < 4.78 is 29.9. The van der Waals surface area contributed by atoms with Crippen LogP contribution in [0.4, 0.5) is 0 Å². The first-order valence-corrected chi connectivity index (χ1v) is 9.29. The fourth-order valence-electron chi connectivity index (χ4n) is 1.46. The molecule has 0 aliphatic rings. The minimum Gasteiger partial charge on any atom is -0.366 e. The average molecular weight is 453 g/mol. The molecule has 2 rings (SSSR count). The van der Waals surface area contributed by atoms with Crippen LogP contribution in [-0.2, 0) is 10.1 Å². The summed E-state index contributed by atoms with van der Waals surface area (Å²) in [6.45, 7) is 0. The Morgan fingerprint density at radius 2 is 1.83 bits per heavy atom. The van der Waals surface area contributed by atoms with Crippen LogP contribution in [0.3, 0.4) is 0 Å². The molecule has 0 aliphatic carbocycles. The van der Waals surface area contributed by atoms with Crippen molar-refractivity contribution in [3.05, 3.63) is 73.5 Å². The van der Waals surface area contributed by atoms with E-state index in [4.69, 9.17) is 33.5 Å². The molecule has 0 fully saturated rings. The van der Waals surface area contributed by atoms with Crippen LogP contribution in [-0.4, -0.2) is 18.9 Å². The van der Waals surface area contributed by atoms with Crippen LogP contribution in [0.2, 0.25) is 10.0 Å². The molecule has 0 radical (unpaired) electrons. The molecule has 2 aromatic rings. The van der Waals surface area contributed by atoms with E-state index in [1.807, 2.05) is 0 Å². The minimum absolute atomic E-state index is 0.342. The van der Waals surface area contributed by atoms with Crippen LogP contribution in [0.25, 0.3) is 6.08 Å². The van der Waals surface area contributed by atoms with Gasteiger partial charge in [0.25, 0.3) is 10.1 Å². The predicted molar refractivity (Wildman–Crippen MR) is 99.7 cm³/mol. The zero-order valence-electron chi connectivity index (χ0n) is 12.0. The highest BCUT2D eigenvalue weighted by Gasteiger charge is 2.05. The van der Waals surface area contributed by atoms with Gasteiger partial charge in [-0.3, -0.25) is 9.35 Å². The number of carbonyl (C=O) groups excluding carboxylic acids is 1. The first kappa shape index (κ1) is 20.7. The minimum atomic E-state index is -4.06. The van der Waals surface area contributed by atoms with Crippen LogP contribution in [0.5, 0.6) is 0 Å². The number of hydrogen-bond acceptors (Lipinski definition) is 3. The van der Waals surface area contributed by atoms with Gasteiger partial charge in [0.05, 0.1) is 16.0 Å². The molecule has 1 amide bonds. The van der Waals surface area contributed by atoms with Crippen molar-refractivity contribution in [2.75, 3.05) is 0 Å². The van der Waals surface area contributed by atoms with Gasteiger partial charge in [-0.25, -0.2) is 0 Å². The highest BCUT2D eigenvalue weighted by Crippen LogP contribution is 2.20. The average Bonchev–Trinajstić information content (AvgIpc) is 2.45. The Morgan fingerprint density at radius 1 is 1.17 bits per heavy atom. The second kappa shape index (κ2) is 9.19. The van der Waals surface area contributed by atoms with Gasteiger partial charge >= 0.3 is 0 Å². The van der Waals surface area contributed by atoms with Crippen molar-refractivity contribution in [2.24, 2.45) is 5.73 Å². The second-order valence-electron chi connectivity index (χ2n) is 4.36. The Morgan fingerprint density at radius 3 is 2.33 bits per heavy atom. The van der Waals surface area contributed by atoms with E-state index < -0.39 is 16.0 Å². The molecule has 0 aromatic heterocycles. The molecule has 2 aromatic carbocycles. The van der Waals surface area contributed by atoms with Gasteiger partial charge in [-0.15, -0.1) is 0 Å². The standard InChI is InChI=1S/C8H7ClO3S.C7H5BrClNO/c9-8-3-1-2-7(6-8)4-5-13(10,11)12;8-4-1-2-5(7(10)11)6(9)3-4/h1-6H,(H,10,11,12);1-3H,(H2,10,11). The molecule has 128 valence electrons. The van der Waals surface area contributed by atoms with Crippen LogP contribution in [0.1, 0.15) is 15.9 Å². The third-order valence-electron chi connectivity index (χ3n) is 2.48. The summed E-state index contributed by atoms with van der Waals surface area (Å²) in [6.07, 6.45) is 1.27. The van der Waals surface area contributed by atoms with Crippen molar-refractivity contribution in [1.29, 1.82) is 0 Å². The summed E-state index contributed by atoms with van der Waals surface area (Å²) in [4.78, 5) is 10.7. The lowest BCUT2D eigenvalue weighted by Crippen LogP contribution is -2.11. The molecular formula is C15H12BrCl2NO4S. The zero-order chi connectivity index (χ0) is 18.3. The Labute approximate surface area is 158 Å². The van der Waals surface area contributed by atoms with Crippen molar-refractivity contribution in [3.63, 3.8) is 0 Å². The van der Waals surface area contributed by atoms with E-state index in [2.05, 4.69) is 15.9 Å². The third kappa shape index (κ3) is 7.94. The van der Waals surface area contributed by atoms with Crippen molar-refractivity contribution < 1.29 is 17.8 Å². The Bertz CT molecular complexity index is 870. The molecule has 24 heavy (non-hydrogen) atoms. The predicted octanol–water partition coefficient (Wildman–Crippen LogP) is 4.40. The van der Waals surface area contributed by atoms with E-state index in [1.165, 1.54) is 6.08 Å². The molecule has 0 aliphatic heterocycles. The van der Waals surface area contributed by atoms with Crippen molar-refractivity contribution >= 4 is 61.2 Å². The van der Waals surface area contributed by atoms with E-state index >= 15 is 0 Å². The van der Waals surface area contributed by atoms with Crippen molar-refractivity contribution in [2.45, 2.75) is 0 Å². The molecule has 5 nitrogen and oxygen atoms in total. The number of halogens is 3. The van der Waals surface area contributed by atoms with Gasteiger partial charge in [-0.1, -0.05) is 51.3 Å². The van der Waals surface area contributed by atoms with Gasteiger partial charge in [0.15, 0.2) is 0 Å². The number of benzene rings is 2. The number of rotatable bonds is 3. The molecule has 3 N–H and O–H groups in total. The molecule has 0 atom stereocenters. The van der Waals surface area contributed by atoms with Gasteiger partial charge in [0.2, 0.25) is 5.91 Å². The molecule has 0 bridgehead atoms. The summed E-state index contributed by atoms with van der Waals surface area (Å²) in [6, 6.07) is 11.5. The van der Waals surface area contributed by atoms with Gasteiger partial charge in [-0.2, -0.15) is 8.42 Å². The topological polar surface area (TPSA) is 97.5 Å². The number of primary amides is 1. The van der Waals surface area contributed by atoms with Crippen LogP contribution in [0.15, 0.2) is 52.3 Å². The normalized spacial score (nSPS) is 11.0. The molecule has 0 heterocycles. The smallest absolute Gasteiger partial charge is 0.287 e. The Hall–Kier alpha value is -1.38. The lowest BCUT2D eigenvalue weighted by Gasteiger charge is -1.98. The molecular weight excluding hydrogens is 441 g/mol. The van der Waals surface area contributed by atoms with Gasteiger partial charge in [-0.05, 0) is 42.0 Å². The summed E-state index contributed by atoms with van der Waals surface area (Å²) in [5.41, 5.74) is 5.98. The molecule has 0 spiro atoms. The fourth-order valence-corrected chi connectivity index (χ4v) is 2.76.